The van der Waals surface area contributed by atoms with E-state index in [9.17, 15) is 14.7 Å². The van der Waals surface area contributed by atoms with Gasteiger partial charge in [0.1, 0.15) is 12.6 Å². The summed E-state index contributed by atoms with van der Waals surface area (Å²) in [4.78, 5) is 24.7. The second kappa shape index (κ2) is 9.22. The number of benzene rings is 3. The summed E-state index contributed by atoms with van der Waals surface area (Å²) in [5, 5.41) is 24.3. The fraction of sp³-hybridized carbons (Fsp3) is 0.115. The van der Waals surface area contributed by atoms with E-state index in [0.29, 0.717) is 17.2 Å². The molecule has 2 heterocycles. The molecule has 5 rings (SSSR count). The molecule has 4 aromatic rings. The SMILES string of the molecule is CC1=C(C(=O)OCc2ccccc2)C(c2ccccc2-c2ccc(C(=O)O)cc2)n2nnnc2N1. The van der Waals surface area contributed by atoms with Crippen LogP contribution in [0.4, 0.5) is 5.95 Å². The molecule has 9 heteroatoms. The number of rotatable bonds is 6. The maximum atomic E-state index is 13.4. The smallest absolute Gasteiger partial charge is 0.338 e. The Bertz CT molecular complexity index is 1430. The number of anilines is 1. The summed E-state index contributed by atoms with van der Waals surface area (Å²) >= 11 is 0. The van der Waals surface area contributed by atoms with E-state index in [4.69, 9.17) is 4.74 Å². The Balaban J connectivity index is 1.56. The van der Waals surface area contributed by atoms with Crippen LogP contribution in [0.5, 0.6) is 0 Å². The van der Waals surface area contributed by atoms with Crippen molar-refractivity contribution >= 4 is 17.9 Å². The molecule has 0 spiro atoms. The number of esters is 1. The van der Waals surface area contributed by atoms with Crippen LogP contribution >= 0.6 is 0 Å². The van der Waals surface area contributed by atoms with Crippen LogP contribution in [0.1, 0.15) is 34.5 Å². The molecular weight excluding hydrogens is 446 g/mol. The zero-order valence-corrected chi connectivity index (χ0v) is 18.8. The quantitative estimate of drug-likeness (QED) is 0.407. The van der Waals surface area contributed by atoms with E-state index >= 15 is 0 Å². The third kappa shape index (κ3) is 4.26. The number of aromatic nitrogens is 4. The highest BCUT2D eigenvalue weighted by Crippen LogP contribution is 2.39. The average molecular weight is 467 g/mol. The van der Waals surface area contributed by atoms with Crippen molar-refractivity contribution in [2.24, 2.45) is 0 Å². The number of aromatic carboxylic acids is 1. The van der Waals surface area contributed by atoms with Crippen molar-refractivity contribution in [1.82, 2.24) is 20.2 Å². The predicted molar refractivity (Wildman–Crippen MR) is 127 cm³/mol. The second-order valence-electron chi connectivity index (χ2n) is 8.04. The van der Waals surface area contributed by atoms with E-state index in [2.05, 4.69) is 20.8 Å². The Labute approximate surface area is 200 Å². The minimum Gasteiger partial charge on any atom is -0.478 e. The first kappa shape index (κ1) is 22.0. The summed E-state index contributed by atoms with van der Waals surface area (Å²) in [6.45, 7) is 1.92. The number of nitrogens with zero attached hydrogens (tertiary/aromatic N) is 4. The minimum atomic E-state index is -0.997. The zero-order valence-electron chi connectivity index (χ0n) is 18.8. The molecule has 0 radical (unpaired) electrons. The first-order chi connectivity index (χ1) is 17.0. The molecule has 0 amide bonds. The van der Waals surface area contributed by atoms with E-state index in [1.54, 1.807) is 35.9 Å². The predicted octanol–water partition coefficient (Wildman–Crippen LogP) is 4.07. The first-order valence-electron chi connectivity index (χ1n) is 10.9. The van der Waals surface area contributed by atoms with Crippen LogP contribution in [0.2, 0.25) is 0 Å². The van der Waals surface area contributed by atoms with Crippen molar-refractivity contribution < 1.29 is 19.4 Å². The molecule has 1 aromatic heterocycles. The Morgan fingerprint density at radius 1 is 1.00 bits per heavy atom. The van der Waals surface area contributed by atoms with Gasteiger partial charge in [0.25, 0.3) is 0 Å². The van der Waals surface area contributed by atoms with Gasteiger partial charge in [-0.15, -0.1) is 0 Å². The standard InChI is InChI=1S/C26H21N5O4/c1-16-22(25(34)35-15-17-7-3-2-4-8-17)23(31-26(27-16)28-29-30-31)21-10-6-5-9-20(21)18-11-13-19(14-12-18)24(32)33/h2-14,23H,15H2,1H3,(H,32,33)(H,27,28,30). The van der Waals surface area contributed by atoms with Gasteiger partial charge in [0.2, 0.25) is 5.95 Å². The van der Waals surface area contributed by atoms with Crippen molar-refractivity contribution in [1.29, 1.82) is 0 Å². The Kier molecular flexibility index (Phi) is 5.80. The number of carboxylic acid groups (broad SMARTS) is 1. The lowest BCUT2D eigenvalue weighted by Gasteiger charge is -2.29. The molecule has 2 N–H and O–H groups in total. The molecule has 0 saturated carbocycles. The summed E-state index contributed by atoms with van der Waals surface area (Å²) in [6.07, 6.45) is 0. The van der Waals surface area contributed by atoms with Crippen LogP contribution in [0.15, 0.2) is 90.1 Å². The molecular formula is C26H21N5O4. The molecule has 0 bridgehead atoms. The number of carbonyl (C=O) groups is 2. The summed E-state index contributed by atoms with van der Waals surface area (Å²) in [5.41, 5.74) is 4.43. The number of ether oxygens (including phenoxy) is 1. The molecule has 174 valence electrons. The lowest BCUT2D eigenvalue weighted by Crippen LogP contribution is -2.30. The number of carbonyl (C=O) groups excluding carboxylic acids is 1. The summed E-state index contributed by atoms with van der Waals surface area (Å²) in [6, 6.07) is 23.0. The average Bonchev–Trinajstić information content (AvgIpc) is 3.35. The Morgan fingerprint density at radius 2 is 1.71 bits per heavy atom. The van der Waals surface area contributed by atoms with Crippen molar-refractivity contribution in [3.63, 3.8) is 0 Å². The fourth-order valence-corrected chi connectivity index (χ4v) is 4.16. The number of hydrogen-bond acceptors (Lipinski definition) is 7. The number of allylic oxidation sites excluding steroid dienone is 1. The summed E-state index contributed by atoms with van der Waals surface area (Å²) in [7, 11) is 0. The highest BCUT2D eigenvalue weighted by Gasteiger charge is 2.36. The van der Waals surface area contributed by atoms with Crippen LogP contribution in [-0.2, 0) is 16.1 Å². The minimum absolute atomic E-state index is 0.129. The molecule has 9 nitrogen and oxygen atoms in total. The van der Waals surface area contributed by atoms with Gasteiger partial charge in [0.05, 0.1) is 11.1 Å². The number of fused-ring (bicyclic) bond motifs is 1. The van der Waals surface area contributed by atoms with E-state index in [-0.39, 0.29) is 12.2 Å². The van der Waals surface area contributed by atoms with E-state index in [1.807, 2.05) is 54.6 Å². The number of carboxylic acids is 1. The van der Waals surface area contributed by atoms with Gasteiger partial charge in [-0.2, -0.15) is 4.68 Å². The van der Waals surface area contributed by atoms with Crippen molar-refractivity contribution in [3.8, 4) is 11.1 Å². The number of tetrazole rings is 1. The van der Waals surface area contributed by atoms with Gasteiger partial charge in [-0.05, 0) is 51.7 Å². The largest absolute Gasteiger partial charge is 0.478 e. The van der Waals surface area contributed by atoms with Crippen molar-refractivity contribution in [3.05, 3.63) is 107 Å². The van der Waals surface area contributed by atoms with Crippen LogP contribution < -0.4 is 5.32 Å². The van der Waals surface area contributed by atoms with Crippen LogP contribution in [0.3, 0.4) is 0 Å². The fourth-order valence-electron chi connectivity index (χ4n) is 4.16. The monoisotopic (exact) mass is 467 g/mol. The van der Waals surface area contributed by atoms with Crippen molar-refractivity contribution in [2.75, 3.05) is 5.32 Å². The van der Waals surface area contributed by atoms with Gasteiger partial charge in [-0.25, -0.2) is 9.59 Å². The molecule has 0 fully saturated rings. The van der Waals surface area contributed by atoms with Gasteiger partial charge < -0.3 is 15.2 Å². The van der Waals surface area contributed by atoms with E-state index in [0.717, 1.165) is 22.3 Å². The third-order valence-electron chi connectivity index (χ3n) is 5.85. The molecule has 35 heavy (non-hydrogen) atoms. The van der Waals surface area contributed by atoms with Crippen LogP contribution in [-0.4, -0.2) is 37.3 Å². The topological polar surface area (TPSA) is 119 Å². The van der Waals surface area contributed by atoms with Crippen LogP contribution in [0, 0.1) is 0 Å². The van der Waals surface area contributed by atoms with Gasteiger partial charge >= 0.3 is 11.9 Å². The summed E-state index contributed by atoms with van der Waals surface area (Å²) < 4.78 is 7.24. The van der Waals surface area contributed by atoms with Gasteiger partial charge in [-0.3, -0.25) is 0 Å². The normalized spacial score (nSPS) is 14.7. The molecule has 1 atom stereocenters. The molecule has 1 unspecified atom stereocenters. The molecule has 1 aliphatic rings. The highest BCUT2D eigenvalue weighted by molar-refractivity contribution is 5.93. The first-order valence-corrected chi connectivity index (χ1v) is 10.9. The van der Waals surface area contributed by atoms with E-state index in [1.165, 1.54) is 0 Å². The van der Waals surface area contributed by atoms with Crippen molar-refractivity contribution in [2.45, 2.75) is 19.6 Å². The lowest BCUT2D eigenvalue weighted by atomic mass is 9.89. The maximum Gasteiger partial charge on any atom is 0.338 e. The molecule has 1 aliphatic heterocycles. The molecule has 0 aliphatic carbocycles. The molecule has 3 aromatic carbocycles. The van der Waals surface area contributed by atoms with Crippen LogP contribution in [0.25, 0.3) is 11.1 Å². The van der Waals surface area contributed by atoms with Gasteiger partial charge in [0.15, 0.2) is 0 Å². The Hall–Kier alpha value is -4.79. The zero-order chi connectivity index (χ0) is 24.4. The second-order valence-corrected chi connectivity index (χ2v) is 8.04. The lowest BCUT2D eigenvalue weighted by molar-refractivity contribution is -0.140. The molecule has 0 saturated heterocycles. The number of nitrogens with one attached hydrogen (secondary N) is 1. The highest BCUT2D eigenvalue weighted by atomic mass is 16.5. The third-order valence-corrected chi connectivity index (χ3v) is 5.85. The summed E-state index contributed by atoms with van der Waals surface area (Å²) in [5.74, 6) is -1.08. The van der Waals surface area contributed by atoms with Gasteiger partial charge in [0, 0.05) is 5.70 Å². The number of hydrogen-bond donors (Lipinski definition) is 2. The van der Waals surface area contributed by atoms with E-state index < -0.39 is 18.0 Å². The Morgan fingerprint density at radius 3 is 2.46 bits per heavy atom. The van der Waals surface area contributed by atoms with Gasteiger partial charge in [-0.1, -0.05) is 71.8 Å². The maximum absolute atomic E-state index is 13.4.